The molecule has 1 aliphatic rings. The van der Waals surface area contributed by atoms with Crippen molar-refractivity contribution in [2.45, 2.75) is 58.5 Å². The zero-order valence-corrected chi connectivity index (χ0v) is 11.6. The summed E-state index contributed by atoms with van der Waals surface area (Å²) in [4.78, 5) is 0. The molecule has 0 aliphatic heterocycles. The molecule has 1 unspecified atom stereocenters. The van der Waals surface area contributed by atoms with E-state index >= 15 is 0 Å². The van der Waals surface area contributed by atoms with Crippen LogP contribution in [0.25, 0.3) is 0 Å². The van der Waals surface area contributed by atoms with Crippen LogP contribution in [0.15, 0.2) is 29.8 Å². The first-order chi connectivity index (χ1) is 8.66. The lowest BCUT2D eigenvalue weighted by Gasteiger charge is -2.16. The van der Waals surface area contributed by atoms with Crippen molar-refractivity contribution in [1.82, 2.24) is 0 Å². The lowest BCUT2D eigenvalue weighted by atomic mass is 9.94. The highest BCUT2D eigenvalue weighted by molar-refractivity contribution is 5.32. The first-order valence-electron chi connectivity index (χ1n) is 7.10. The molecule has 1 aromatic carbocycles. The summed E-state index contributed by atoms with van der Waals surface area (Å²) in [5.41, 5.74) is 5.10. The van der Waals surface area contributed by atoms with Crippen LogP contribution in [0.3, 0.4) is 0 Å². The van der Waals surface area contributed by atoms with Crippen LogP contribution in [0.4, 0.5) is 0 Å². The van der Waals surface area contributed by atoms with E-state index in [-0.39, 0.29) is 6.10 Å². The predicted octanol–water partition coefficient (Wildman–Crippen LogP) is 4.10. The molecule has 98 valence electrons. The third-order valence-electron chi connectivity index (χ3n) is 3.92. The lowest BCUT2D eigenvalue weighted by molar-refractivity contribution is 0.206. The van der Waals surface area contributed by atoms with Crippen LogP contribution in [0.2, 0.25) is 0 Å². The van der Waals surface area contributed by atoms with Crippen LogP contribution in [0.1, 0.15) is 48.8 Å². The summed E-state index contributed by atoms with van der Waals surface area (Å²) in [6, 6.07) is 6.49. The van der Waals surface area contributed by atoms with Gasteiger partial charge >= 0.3 is 0 Å². The summed E-state index contributed by atoms with van der Waals surface area (Å²) in [5, 5.41) is 10.4. The highest BCUT2D eigenvalue weighted by Crippen LogP contribution is 2.23. The minimum Gasteiger partial charge on any atom is -0.388 e. The van der Waals surface area contributed by atoms with E-state index in [1.807, 2.05) is 0 Å². The van der Waals surface area contributed by atoms with Gasteiger partial charge in [0.25, 0.3) is 0 Å². The lowest BCUT2D eigenvalue weighted by Crippen LogP contribution is -2.14. The monoisotopic (exact) mass is 244 g/mol. The Hall–Kier alpha value is -1.08. The second kappa shape index (κ2) is 6.19. The van der Waals surface area contributed by atoms with E-state index in [4.69, 9.17) is 0 Å². The Morgan fingerprint density at radius 2 is 2.00 bits per heavy atom. The van der Waals surface area contributed by atoms with Gasteiger partial charge in [-0.15, -0.1) is 0 Å². The van der Waals surface area contributed by atoms with Gasteiger partial charge in [0.15, 0.2) is 0 Å². The van der Waals surface area contributed by atoms with E-state index < -0.39 is 0 Å². The Balaban J connectivity index is 2.08. The van der Waals surface area contributed by atoms with Gasteiger partial charge in [-0.25, -0.2) is 0 Å². The molecule has 1 nitrogen and oxygen atoms in total. The number of aryl methyl sites for hydroxylation is 2. The van der Waals surface area contributed by atoms with E-state index in [9.17, 15) is 5.11 Å². The van der Waals surface area contributed by atoms with Crippen molar-refractivity contribution >= 4 is 0 Å². The summed E-state index contributed by atoms with van der Waals surface area (Å²) in [5.74, 6) is 0. The van der Waals surface area contributed by atoms with Crippen molar-refractivity contribution in [3.63, 3.8) is 0 Å². The zero-order valence-electron chi connectivity index (χ0n) is 11.6. The maximum Gasteiger partial charge on any atom is 0.0790 e. The van der Waals surface area contributed by atoms with Crippen molar-refractivity contribution < 1.29 is 5.11 Å². The van der Waals surface area contributed by atoms with Gasteiger partial charge in [-0.1, -0.05) is 36.3 Å². The Kier molecular flexibility index (Phi) is 4.60. The summed E-state index contributed by atoms with van der Waals surface area (Å²) < 4.78 is 0. The molecule has 0 saturated carbocycles. The topological polar surface area (TPSA) is 20.2 Å². The normalized spacial score (nSPS) is 18.1. The van der Waals surface area contributed by atoms with Crippen molar-refractivity contribution in [2.75, 3.05) is 0 Å². The van der Waals surface area contributed by atoms with Crippen LogP contribution < -0.4 is 0 Å². The average molecular weight is 244 g/mol. The van der Waals surface area contributed by atoms with Gasteiger partial charge < -0.3 is 5.11 Å². The maximum atomic E-state index is 10.4. The Bertz CT molecular complexity index is 431. The van der Waals surface area contributed by atoms with Crippen LogP contribution in [0, 0.1) is 13.8 Å². The molecule has 0 aromatic heterocycles. The first-order valence-corrected chi connectivity index (χ1v) is 7.10. The van der Waals surface area contributed by atoms with Gasteiger partial charge in [0.05, 0.1) is 6.10 Å². The summed E-state index contributed by atoms with van der Waals surface area (Å²) in [7, 11) is 0. The molecule has 0 spiro atoms. The molecule has 0 fully saturated rings. The van der Waals surface area contributed by atoms with Crippen LogP contribution in [0.5, 0.6) is 0 Å². The fourth-order valence-electron chi connectivity index (χ4n) is 2.70. The van der Waals surface area contributed by atoms with E-state index in [1.54, 1.807) is 0 Å². The summed E-state index contributed by atoms with van der Waals surface area (Å²) >= 11 is 0. The van der Waals surface area contributed by atoms with Gasteiger partial charge in [0.1, 0.15) is 0 Å². The van der Waals surface area contributed by atoms with E-state index in [0.717, 1.165) is 19.3 Å². The van der Waals surface area contributed by atoms with Gasteiger partial charge in [0.2, 0.25) is 0 Å². The van der Waals surface area contributed by atoms with Crippen molar-refractivity contribution in [3.8, 4) is 0 Å². The SMILES string of the molecule is Cc1ccc(C)c(CC(O)C2=CCCCCC2)c1. The highest BCUT2D eigenvalue weighted by atomic mass is 16.3. The second-order valence-electron chi connectivity index (χ2n) is 5.53. The molecular weight excluding hydrogens is 220 g/mol. The van der Waals surface area contributed by atoms with E-state index in [1.165, 1.54) is 41.5 Å². The minimum absolute atomic E-state index is 0.288. The van der Waals surface area contributed by atoms with Crippen LogP contribution in [-0.2, 0) is 6.42 Å². The molecule has 0 saturated heterocycles. The van der Waals surface area contributed by atoms with Gasteiger partial charge in [-0.3, -0.25) is 0 Å². The molecular formula is C17H24O. The average Bonchev–Trinajstić information content (AvgIpc) is 2.62. The fraction of sp³-hybridized carbons (Fsp3) is 0.529. The molecule has 18 heavy (non-hydrogen) atoms. The van der Waals surface area contributed by atoms with Crippen LogP contribution >= 0.6 is 0 Å². The van der Waals surface area contributed by atoms with Crippen LogP contribution in [-0.4, -0.2) is 11.2 Å². The third-order valence-corrected chi connectivity index (χ3v) is 3.92. The highest BCUT2D eigenvalue weighted by Gasteiger charge is 2.14. The number of hydrogen-bond donors (Lipinski definition) is 1. The third kappa shape index (κ3) is 3.46. The Morgan fingerprint density at radius 1 is 1.17 bits per heavy atom. The molecule has 1 heteroatoms. The number of aliphatic hydroxyl groups is 1. The summed E-state index contributed by atoms with van der Waals surface area (Å²) in [6.07, 6.45) is 8.77. The molecule has 1 aliphatic carbocycles. The molecule has 2 rings (SSSR count). The van der Waals surface area contributed by atoms with Gasteiger partial charge in [0, 0.05) is 6.42 Å². The number of aliphatic hydroxyl groups excluding tert-OH is 1. The first kappa shape index (κ1) is 13.4. The fourth-order valence-corrected chi connectivity index (χ4v) is 2.70. The van der Waals surface area contributed by atoms with E-state index in [2.05, 4.69) is 38.1 Å². The number of benzene rings is 1. The predicted molar refractivity (Wildman–Crippen MR) is 76.8 cm³/mol. The Morgan fingerprint density at radius 3 is 2.83 bits per heavy atom. The van der Waals surface area contributed by atoms with E-state index in [0.29, 0.717) is 0 Å². The molecule has 0 bridgehead atoms. The largest absolute Gasteiger partial charge is 0.388 e. The molecule has 1 N–H and O–H groups in total. The molecule has 1 aromatic rings. The van der Waals surface area contributed by atoms with Gasteiger partial charge in [-0.05, 0) is 56.2 Å². The second-order valence-corrected chi connectivity index (χ2v) is 5.53. The van der Waals surface area contributed by atoms with Crippen molar-refractivity contribution in [2.24, 2.45) is 0 Å². The number of hydrogen-bond acceptors (Lipinski definition) is 1. The maximum absolute atomic E-state index is 10.4. The smallest absolute Gasteiger partial charge is 0.0790 e. The molecule has 0 amide bonds. The standard InChI is InChI=1S/C17H24O/c1-13-9-10-14(2)16(11-13)12-17(18)15-7-5-3-4-6-8-15/h7,9-11,17-18H,3-6,8,12H2,1-2H3. The zero-order chi connectivity index (χ0) is 13.0. The van der Waals surface area contributed by atoms with Gasteiger partial charge in [-0.2, -0.15) is 0 Å². The van der Waals surface area contributed by atoms with Crippen molar-refractivity contribution in [3.05, 3.63) is 46.5 Å². The quantitative estimate of drug-likeness (QED) is 0.794. The number of allylic oxidation sites excluding steroid dienone is 1. The number of rotatable bonds is 3. The van der Waals surface area contributed by atoms with Crippen molar-refractivity contribution in [1.29, 1.82) is 0 Å². The summed E-state index contributed by atoms with van der Waals surface area (Å²) in [6.45, 7) is 4.24. The minimum atomic E-state index is -0.288. The molecule has 0 heterocycles. The molecule has 0 radical (unpaired) electrons. The Labute approximate surface area is 111 Å². The molecule has 1 atom stereocenters.